The molecule has 0 aliphatic heterocycles. The zero-order valence-electron chi connectivity index (χ0n) is 11.1. The van der Waals surface area contributed by atoms with Gasteiger partial charge in [-0.05, 0) is 41.0 Å². The summed E-state index contributed by atoms with van der Waals surface area (Å²) in [5.74, 6) is 0.444. The number of methoxy groups -OCH3 is 1. The molecule has 0 radical (unpaired) electrons. The summed E-state index contributed by atoms with van der Waals surface area (Å²) in [6.07, 6.45) is -0.0975. The highest BCUT2D eigenvalue weighted by atomic mass is 16.5. The number of nitrogens with zero attached hydrogens (tertiary/aromatic N) is 1. The molecule has 98 valence electrons. The highest BCUT2D eigenvalue weighted by Gasteiger charge is 2.18. The minimum atomic E-state index is -0.735. The lowest BCUT2D eigenvalue weighted by Crippen LogP contribution is -2.09. The molecule has 0 saturated carbocycles. The smallest absolute Gasteiger partial charge is 0.119 e. The molecular weight excluding hydrogens is 238 g/mol. The lowest BCUT2D eigenvalue weighted by atomic mass is 9.93. The molecule has 0 heterocycles. The zero-order valence-corrected chi connectivity index (χ0v) is 11.1. The molecular formula is C16H17NO2. The van der Waals surface area contributed by atoms with Crippen LogP contribution in [0.15, 0.2) is 36.4 Å². The van der Waals surface area contributed by atoms with E-state index in [0.29, 0.717) is 6.42 Å². The summed E-state index contributed by atoms with van der Waals surface area (Å²) in [5.41, 5.74) is 0.783. The Morgan fingerprint density at radius 2 is 1.89 bits per heavy atom. The van der Waals surface area contributed by atoms with Crippen LogP contribution in [0.3, 0.4) is 0 Å². The van der Waals surface area contributed by atoms with Crippen molar-refractivity contribution in [1.82, 2.24) is 0 Å². The normalized spacial score (nSPS) is 13.8. The van der Waals surface area contributed by atoms with Crippen molar-refractivity contribution < 1.29 is 9.84 Å². The highest BCUT2D eigenvalue weighted by Crippen LogP contribution is 2.28. The SMILES string of the molecule is CCC(C#N)C(O)c1ccc2cc(OC)ccc2c1. The topological polar surface area (TPSA) is 53.2 Å². The Kier molecular flexibility index (Phi) is 4.03. The molecule has 1 N–H and O–H groups in total. The Morgan fingerprint density at radius 1 is 1.21 bits per heavy atom. The van der Waals surface area contributed by atoms with Gasteiger partial charge in [0.25, 0.3) is 0 Å². The largest absolute Gasteiger partial charge is 0.497 e. The van der Waals surface area contributed by atoms with E-state index in [1.165, 1.54) is 0 Å². The van der Waals surface area contributed by atoms with Gasteiger partial charge in [0.05, 0.1) is 25.2 Å². The van der Waals surface area contributed by atoms with Crippen LogP contribution < -0.4 is 4.74 Å². The van der Waals surface area contributed by atoms with Crippen molar-refractivity contribution >= 4 is 10.8 Å². The van der Waals surface area contributed by atoms with Crippen molar-refractivity contribution in [2.75, 3.05) is 7.11 Å². The van der Waals surface area contributed by atoms with Gasteiger partial charge in [-0.2, -0.15) is 5.26 Å². The number of rotatable bonds is 4. The molecule has 2 atom stereocenters. The van der Waals surface area contributed by atoms with Crippen molar-refractivity contribution in [3.63, 3.8) is 0 Å². The molecule has 2 rings (SSSR count). The van der Waals surface area contributed by atoms with E-state index in [4.69, 9.17) is 10.00 Å². The molecule has 2 aromatic carbocycles. The quantitative estimate of drug-likeness (QED) is 0.910. The number of aliphatic hydroxyl groups excluding tert-OH is 1. The van der Waals surface area contributed by atoms with Gasteiger partial charge in [0.1, 0.15) is 5.75 Å². The fourth-order valence-electron chi connectivity index (χ4n) is 2.17. The van der Waals surface area contributed by atoms with Gasteiger partial charge in [-0.1, -0.05) is 25.1 Å². The molecule has 0 bridgehead atoms. The molecule has 2 aromatic rings. The summed E-state index contributed by atoms with van der Waals surface area (Å²) in [6, 6.07) is 13.7. The number of nitriles is 1. The fraction of sp³-hybridized carbons (Fsp3) is 0.312. The van der Waals surface area contributed by atoms with E-state index in [9.17, 15) is 5.11 Å². The lowest BCUT2D eigenvalue weighted by Gasteiger charge is -2.16. The van der Waals surface area contributed by atoms with Gasteiger partial charge < -0.3 is 9.84 Å². The van der Waals surface area contributed by atoms with Crippen LogP contribution in [0.2, 0.25) is 0 Å². The molecule has 3 heteroatoms. The van der Waals surface area contributed by atoms with Crippen molar-refractivity contribution in [2.45, 2.75) is 19.4 Å². The third-order valence-electron chi connectivity index (χ3n) is 3.40. The van der Waals surface area contributed by atoms with Crippen LogP contribution in [0.5, 0.6) is 5.75 Å². The maximum Gasteiger partial charge on any atom is 0.119 e. The number of benzene rings is 2. The Balaban J connectivity index is 2.39. The fourth-order valence-corrected chi connectivity index (χ4v) is 2.17. The van der Waals surface area contributed by atoms with E-state index < -0.39 is 6.10 Å². The van der Waals surface area contributed by atoms with Crippen molar-refractivity contribution in [3.8, 4) is 11.8 Å². The molecule has 3 nitrogen and oxygen atoms in total. The second-order valence-electron chi connectivity index (χ2n) is 4.56. The Bertz CT molecular complexity index is 616. The van der Waals surface area contributed by atoms with Crippen LogP contribution in [-0.4, -0.2) is 12.2 Å². The van der Waals surface area contributed by atoms with Crippen LogP contribution in [-0.2, 0) is 0 Å². The molecule has 0 amide bonds. The minimum Gasteiger partial charge on any atom is -0.497 e. The van der Waals surface area contributed by atoms with Gasteiger partial charge in [-0.25, -0.2) is 0 Å². The van der Waals surface area contributed by atoms with Crippen LogP contribution in [0.25, 0.3) is 10.8 Å². The molecule has 19 heavy (non-hydrogen) atoms. The predicted molar refractivity (Wildman–Crippen MR) is 74.9 cm³/mol. The minimum absolute atomic E-state index is 0.365. The number of hydrogen-bond donors (Lipinski definition) is 1. The van der Waals surface area contributed by atoms with Gasteiger partial charge >= 0.3 is 0 Å². The second kappa shape index (κ2) is 5.73. The van der Waals surface area contributed by atoms with Crippen LogP contribution in [0, 0.1) is 17.2 Å². The van der Waals surface area contributed by atoms with Crippen molar-refractivity contribution in [1.29, 1.82) is 5.26 Å². The van der Waals surface area contributed by atoms with Crippen molar-refractivity contribution in [3.05, 3.63) is 42.0 Å². The summed E-state index contributed by atoms with van der Waals surface area (Å²) in [4.78, 5) is 0. The van der Waals surface area contributed by atoms with E-state index in [2.05, 4.69) is 6.07 Å². The van der Waals surface area contributed by atoms with E-state index >= 15 is 0 Å². The summed E-state index contributed by atoms with van der Waals surface area (Å²) >= 11 is 0. The van der Waals surface area contributed by atoms with Gasteiger partial charge in [0, 0.05) is 0 Å². The van der Waals surface area contributed by atoms with E-state index in [0.717, 1.165) is 22.1 Å². The van der Waals surface area contributed by atoms with Crippen molar-refractivity contribution in [2.24, 2.45) is 5.92 Å². The molecule has 0 saturated heterocycles. The lowest BCUT2D eigenvalue weighted by molar-refractivity contribution is 0.133. The molecule has 0 aliphatic rings. The molecule has 0 aromatic heterocycles. The van der Waals surface area contributed by atoms with Gasteiger partial charge in [0.15, 0.2) is 0 Å². The number of aliphatic hydroxyl groups is 1. The van der Waals surface area contributed by atoms with Crippen LogP contribution in [0.1, 0.15) is 25.0 Å². The Labute approximate surface area is 113 Å². The first-order valence-electron chi connectivity index (χ1n) is 6.35. The highest BCUT2D eigenvalue weighted by molar-refractivity contribution is 5.84. The van der Waals surface area contributed by atoms with E-state index in [1.807, 2.05) is 43.3 Å². The second-order valence-corrected chi connectivity index (χ2v) is 4.56. The van der Waals surface area contributed by atoms with Gasteiger partial charge in [-0.3, -0.25) is 0 Å². The summed E-state index contributed by atoms with van der Waals surface area (Å²) in [6.45, 7) is 1.91. The van der Waals surface area contributed by atoms with Crippen LogP contribution in [0.4, 0.5) is 0 Å². The molecule has 0 spiro atoms. The first kappa shape index (κ1) is 13.4. The molecule has 0 fully saturated rings. The number of hydrogen-bond acceptors (Lipinski definition) is 3. The monoisotopic (exact) mass is 255 g/mol. The molecule has 2 unspecified atom stereocenters. The third-order valence-corrected chi connectivity index (χ3v) is 3.40. The maximum atomic E-state index is 10.2. The van der Waals surface area contributed by atoms with Gasteiger partial charge in [0.2, 0.25) is 0 Å². The first-order chi connectivity index (χ1) is 9.19. The molecule has 0 aliphatic carbocycles. The standard InChI is InChI=1S/C16H17NO2/c1-3-11(10-17)16(18)14-5-4-13-9-15(19-2)7-6-12(13)8-14/h4-9,11,16,18H,3H2,1-2H3. The Morgan fingerprint density at radius 3 is 2.53 bits per heavy atom. The number of fused-ring (bicyclic) bond motifs is 1. The average Bonchev–Trinajstić information content (AvgIpc) is 2.47. The predicted octanol–water partition coefficient (Wildman–Crippen LogP) is 3.43. The van der Waals surface area contributed by atoms with E-state index in [1.54, 1.807) is 7.11 Å². The average molecular weight is 255 g/mol. The maximum absolute atomic E-state index is 10.2. The van der Waals surface area contributed by atoms with Crippen LogP contribution >= 0.6 is 0 Å². The Hall–Kier alpha value is -2.05. The van der Waals surface area contributed by atoms with E-state index in [-0.39, 0.29) is 5.92 Å². The summed E-state index contributed by atoms with van der Waals surface area (Å²) < 4.78 is 5.18. The third kappa shape index (κ3) is 2.69. The first-order valence-corrected chi connectivity index (χ1v) is 6.35. The van der Waals surface area contributed by atoms with Gasteiger partial charge in [-0.15, -0.1) is 0 Å². The number of ether oxygens (including phenoxy) is 1. The summed E-state index contributed by atoms with van der Waals surface area (Å²) in [7, 11) is 1.64. The summed E-state index contributed by atoms with van der Waals surface area (Å²) in [5, 5.41) is 21.3. The zero-order chi connectivity index (χ0) is 13.8.